The van der Waals surface area contributed by atoms with Gasteiger partial charge in [-0.3, -0.25) is 9.36 Å². The van der Waals surface area contributed by atoms with Crippen molar-refractivity contribution in [3.8, 4) is 17.1 Å². The maximum Gasteiger partial charge on any atom is 0.251 e. The molecule has 120 valence electrons. The first kappa shape index (κ1) is 14.6. The van der Waals surface area contributed by atoms with E-state index in [4.69, 9.17) is 0 Å². The van der Waals surface area contributed by atoms with Crippen LogP contribution in [-0.2, 0) is 6.42 Å². The lowest BCUT2D eigenvalue weighted by Crippen LogP contribution is -2.31. The number of benzene rings is 2. The Balaban J connectivity index is 1.83. The Bertz CT molecular complexity index is 946. The highest BCUT2D eigenvalue weighted by atomic mass is 19.1. The van der Waals surface area contributed by atoms with Crippen LogP contribution in [0.1, 0.15) is 21.5 Å². The minimum atomic E-state index is -0.264. The number of aromatic nitrogens is 2. The summed E-state index contributed by atoms with van der Waals surface area (Å²) in [6.07, 6.45) is 4.40. The summed E-state index contributed by atoms with van der Waals surface area (Å²) in [5, 5.41) is 2.87. The van der Waals surface area contributed by atoms with Crippen LogP contribution < -0.4 is 5.32 Å². The molecule has 0 saturated heterocycles. The largest absolute Gasteiger partial charge is 0.352 e. The molecule has 0 radical (unpaired) electrons. The molecule has 0 saturated carbocycles. The summed E-state index contributed by atoms with van der Waals surface area (Å²) < 4.78 is 15.3. The molecule has 4 nitrogen and oxygen atoms in total. The first-order valence-electron chi connectivity index (χ1n) is 7.85. The number of hydrogen-bond acceptors (Lipinski definition) is 2. The first-order valence-corrected chi connectivity index (χ1v) is 7.85. The van der Waals surface area contributed by atoms with Gasteiger partial charge in [-0.15, -0.1) is 0 Å². The van der Waals surface area contributed by atoms with Gasteiger partial charge in [-0.1, -0.05) is 6.07 Å². The molecule has 24 heavy (non-hydrogen) atoms. The molecule has 1 aliphatic rings. The number of aryl methyl sites for hydroxylation is 1. The van der Waals surface area contributed by atoms with E-state index in [1.165, 1.54) is 12.1 Å². The van der Waals surface area contributed by atoms with Crippen LogP contribution in [-0.4, -0.2) is 22.0 Å². The summed E-state index contributed by atoms with van der Waals surface area (Å²) in [6, 6.07) is 10.5. The highest BCUT2D eigenvalue weighted by Gasteiger charge is 2.18. The predicted octanol–water partition coefficient (Wildman–Crippen LogP) is 3.27. The van der Waals surface area contributed by atoms with Crippen molar-refractivity contribution in [2.45, 2.75) is 13.3 Å². The van der Waals surface area contributed by atoms with Crippen LogP contribution in [0, 0.1) is 12.7 Å². The lowest BCUT2D eigenvalue weighted by molar-refractivity contribution is 0.0946. The summed E-state index contributed by atoms with van der Waals surface area (Å²) in [5.41, 5.74) is 4.31. The van der Waals surface area contributed by atoms with Crippen LogP contribution in [0.5, 0.6) is 0 Å². The lowest BCUT2D eigenvalue weighted by Gasteiger charge is -2.18. The zero-order valence-corrected chi connectivity index (χ0v) is 13.2. The van der Waals surface area contributed by atoms with Gasteiger partial charge in [0.2, 0.25) is 0 Å². The van der Waals surface area contributed by atoms with Crippen LogP contribution in [0.4, 0.5) is 4.39 Å². The Kier molecular flexibility index (Phi) is 3.41. The second-order valence-electron chi connectivity index (χ2n) is 5.93. The highest BCUT2D eigenvalue weighted by Crippen LogP contribution is 2.26. The molecule has 0 spiro atoms. The number of carbonyl (C=O) groups is 1. The smallest absolute Gasteiger partial charge is 0.251 e. The fourth-order valence-corrected chi connectivity index (χ4v) is 3.14. The normalized spacial score (nSPS) is 13.5. The van der Waals surface area contributed by atoms with Crippen molar-refractivity contribution in [3.05, 3.63) is 71.3 Å². The Morgan fingerprint density at radius 1 is 1.17 bits per heavy atom. The van der Waals surface area contributed by atoms with E-state index in [-0.39, 0.29) is 11.7 Å². The monoisotopic (exact) mass is 321 g/mol. The molecule has 0 unspecified atom stereocenters. The summed E-state index contributed by atoms with van der Waals surface area (Å²) in [5.74, 6) is 0.418. The maximum atomic E-state index is 13.4. The SMILES string of the molecule is Cc1cc(F)ccc1-c1nccn1-c1ccc2c(c1)C(=O)NCC2. The minimum Gasteiger partial charge on any atom is -0.352 e. The van der Waals surface area contributed by atoms with E-state index >= 15 is 0 Å². The van der Waals surface area contributed by atoms with Crippen molar-refractivity contribution in [2.75, 3.05) is 6.54 Å². The van der Waals surface area contributed by atoms with E-state index in [0.717, 1.165) is 34.6 Å². The summed E-state index contributed by atoms with van der Waals surface area (Å²) in [4.78, 5) is 16.5. The zero-order valence-electron chi connectivity index (χ0n) is 13.2. The van der Waals surface area contributed by atoms with Gasteiger partial charge >= 0.3 is 0 Å². The van der Waals surface area contributed by atoms with Crippen molar-refractivity contribution < 1.29 is 9.18 Å². The molecule has 2 aromatic carbocycles. The van der Waals surface area contributed by atoms with Crippen molar-refractivity contribution in [1.82, 2.24) is 14.9 Å². The first-order chi connectivity index (χ1) is 11.6. The van der Waals surface area contributed by atoms with Crippen molar-refractivity contribution in [2.24, 2.45) is 0 Å². The van der Waals surface area contributed by atoms with Crippen LogP contribution in [0.2, 0.25) is 0 Å². The van der Waals surface area contributed by atoms with Crippen molar-refractivity contribution in [1.29, 1.82) is 0 Å². The molecular formula is C19H16FN3O. The Hall–Kier alpha value is -2.95. The van der Waals surface area contributed by atoms with Gasteiger partial charge in [0, 0.05) is 35.8 Å². The summed E-state index contributed by atoms with van der Waals surface area (Å²) in [6.45, 7) is 2.54. The molecule has 3 aromatic rings. The van der Waals surface area contributed by atoms with E-state index in [0.29, 0.717) is 12.1 Å². The van der Waals surface area contributed by atoms with E-state index in [2.05, 4.69) is 10.3 Å². The minimum absolute atomic E-state index is 0.0438. The number of nitrogens with zero attached hydrogens (tertiary/aromatic N) is 2. The molecule has 0 fully saturated rings. The number of hydrogen-bond donors (Lipinski definition) is 1. The van der Waals surface area contributed by atoms with Gasteiger partial charge in [-0.2, -0.15) is 0 Å². The Morgan fingerprint density at radius 3 is 2.88 bits per heavy atom. The van der Waals surface area contributed by atoms with Gasteiger partial charge in [0.05, 0.1) is 0 Å². The molecule has 2 heterocycles. The number of amides is 1. The molecular weight excluding hydrogens is 305 g/mol. The Labute approximate surface area is 139 Å². The van der Waals surface area contributed by atoms with E-state index in [9.17, 15) is 9.18 Å². The number of halogens is 1. The number of nitrogens with one attached hydrogen (secondary N) is 1. The summed E-state index contributed by atoms with van der Waals surface area (Å²) in [7, 11) is 0. The van der Waals surface area contributed by atoms with Gasteiger partial charge in [0.1, 0.15) is 11.6 Å². The Morgan fingerprint density at radius 2 is 2.04 bits per heavy atom. The molecule has 0 aliphatic carbocycles. The average molecular weight is 321 g/mol. The summed E-state index contributed by atoms with van der Waals surface area (Å²) >= 11 is 0. The van der Waals surface area contributed by atoms with Crippen molar-refractivity contribution >= 4 is 5.91 Å². The topological polar surface area (TPSA) is 46.9 Å². The molecule has 5 heteroatoms. The number of fused-ring (bicyclic) bond motifs is 1. The predicted molar refractivity (Wildman–Crippen MR) is 89.7 cm³/mol. The fourth-order valence-electron chi connectivity index (χ4n) is 3.14. The molecule has 4 rings (SSSR count). The molecule has 0 bridgehead atoms. The van der Waals surface area contributed by atoms with Gasteiger partial charge < -0.3 is 5.32 Å². The van der Waals surface area contributed by atoms with Crippen LogP contribution in [0.25, 0.3) is 17.1 Å². The van der Waals surface area contributed by atoms with Crippen LogP contribution in [0.3, 0.4) is 0 Å². The highest BCUT2D eigenvalue weighted by molar-refractivity contribution is 5.97. The quantitative estimate of drug-likeness (QED) is 0.787. The third-order valence-electron chi connectivity index (χ3n) is 4.37. The van der Waals surface area contributed by atoms with E-state index < -0.39 is 0 Å². The van der Waals surface area contributed by atoms with Gasteiger partial charge in [-0.05, 0) is 54.8 Å². The molecule has 1 aliphatic heterocycles. The standard InChI is InChI=1S/C19H16FN3O/c1-12-10-14(20)3-5-16(12)18-21-8-9-23(18)15-4-2-13-6-7-22-19(24)17(13)11-15/h2-5,8-11H,6-7H2,1H3,(H,22,24). The maximum absolute atomic E-state index is 13.4. The van der Waals surface area contributed by atoms with E-state index in [1.807, 2.05) is 35.9 Å². The number of carbonyl (C=O) groups excluding carboxylic acids is 1. The third-order valence-corrected chi connectivity index (χ3v) is 4.37. The average Bonchev–Trinajstić information content (AvgIpc) is 3.04. The van der Waals surface area contributed by atoms with Gasteiger partial charge in [-0.25, -0.2) is 9.37 Å². The molecule has 0 atom stereocenters. The molecule has 1 N–H and O–H groups in total. The van der Waals surface area contributed by atoms with Crippen LogP contribution >= 0.6 is 0 Å². The van der Waals surface area contributed by atoms with Crippen molar-refractivity contribution in [3.63, 3.8) is 0 Å². The molecule has 1 amide bonds. The van der Waals surface area contributed by atoms with E-state index in [1.54, 1.807) is 12.3 Å². The lowest BCUT2D eigenvalue weighted by atomic mass is 9.99. The number of imidazole rings is 1. The van der Waals surface area contributed by atoms with Crippen LogP contribution in [0.15, 0.2) is 48.8 Å². The molecule has 1 aromatic heterocycles. The second-order valence-corrected chi connectivity index (χ2v) is 5.93. The fraction of sp³-hybridized carbons (Fsp3) is 0.158. The number of rotatable bonds is 2. The zero-order chi connectivity index (χ0) is 16.7. The third kappa shape index (κ3) is 2.38. The van der Waals surface area contributed by atoms with Gasteiger partial charge in [0.15, 0.2) is 0 Å². The second kappa shape index (κ2) is 5.60. The van der Waals surface area contributed by atoms with Gasteiger partial charge in [0.25, 0.3) is 5.91 Å².